The van der Waals surface area contributed by atoms with Gasteiger partial charge in [0.1, 0.15) is 11.6 Å². The molecule has 0 saturated carbocycles. The van der Waals surface area contributed by atoms with Crippen LogP contribution in [0.25, 0.3) is 0 Å². The summed E-state index contributed by atoms with van der Waals surface area (Å²) in [5, 5.41) is 3.34. The molecule has 1 atom stereocenters. The Labute approximate surface area is 150 Å². The van der Waals surface area contributed by atoms with Gasteiger partial charge >= 0.3 is 0 Å². The van der Waals surface area contributed by atoms with Crippen LogP contribution < -0.4 is 15.0 Å². The number of anilines is 3. The molecule has 1 aromatic carbocycles. The topological polar surface area (TPSA) is 50.3 Å². The highest BCUT2D eigenvalue weighted by Gasteiger charge is 2.22. The van der Waals surface area contributed by atoms with Gasteiger partial charge in [-0.15, -0.1) is 0 Å². The molecule has 0 spiro atoms. The second-order valence-corrected chi connectivity index (χ2v) is 6.50. The lowest BCUT2D eigenvalue weighted by molar-refractivity contribution is 0.342. The first kappa shape index (κ1) is 17.5. The van der Waals surface area contributed by atoms with E-state index in [2.05, 4.69) is 28.2 Å². The molecule has 5 nitrogen and oxygen atoms in total. The Kier molecular flexibility index (Phi) is 5.74. The lowest BCUT2D eigenvalue weighted by atomic mass is 10.00. The summed E-state index contributed by atoms with van der Waals surface area (Å²) in [6.07, 6.45) is 4.94. The van der Waals surface area contributed by atoms with Crippen LogP contribution in [0.1, 0.15) is 45.2 Å². The van der Waals surface area contributed by atoms with Crippen molar-refractivity contribution in [3.05, 3.63) is 36.0 Å². The Morgan fingerprint density at radius 1 is 1.20 bits per heavy atom. The molecule has 0 amide bonds. The first-order valence-electron chi connectivity index (χ1n) is 9.32. The van der Waals surface area contributed by atoms with Gasteiger partial charge in [-0.2, -0.15) is 4.98 Å². The fourth-order valence-corrected chi connectivity index (χ4v) is 3.45. The highest BCUT2D eigenvalue weighted by molar-refractivity contribution is 5.63. The highest BCUT2D eigenvalue weighted by Crippen LogP contribution is 2.29. The minimum atomic E-state index is 0.576. The van der Waals surface area contributed by atoms with Crippen molar-refractivity contribution in [2.24, 2.45) is 0 Å². The zero-order valence-electron chi connectivity index (χ0n) is 15.5. The zero-order valence-corrected chi connectivity index (χ0v) is 15.5. The minimum absolute atomic E-state index is 0.576. The smallest absolute Gasteiger partial charge is 0.229 e. The number of ether oxygens (including phenoxy) is 1. The fraction of sp³-hybridized carbons (Fsp3) is 0.500. The second kappa shape index (κ2) is 8.19. The van der Waals surface area contributed by atoms with Gasteiger partial charge in [-0.05, 0) is 51.7 Å². The summed E-state index contributed by atoms with van der Waals surface area (Å²) in [5.41, 5.74) is 1.87. The molecule has 0 aliphatic carbocycles. The van der Waals surface area contributed by atoms with Crippen LogP contribution >= 0.6 is 0 Å². The lowest BCUT2D eigenvalue weighted by Gasteiger charge is -2.36. The Morgan fingerprint density at radius 2 is 2.04 bits per heavy atom. The third kappa shape index (κ3) is 4.21. The summed E-state index contributed by atoms with van der Waals surface area (Å²) in [5.74, 6) is 2.47. The van der Waals surface area contributed by atoms with E-state index < -0.39 is 0 Å². The third-order valence-electron chi connectivity index (χ3n) is 4.67. The molecular formula is C20H28N4O. The molecule has 25 heavy (non-hydrogen) atoms. The SMILES string of the molecule is CCOc1ccccc1Nc1nc(C)cc(N2CCCCC2CC)n1. The first-order chi connectivity index (χ1) is 12.2. The number of piperidine rings is 1. The molecule has 1 aliphatic rings. The van der Waals surface area contributed by atoms with E-state index >= 15 is 0 Å². The maximum atomic E-state index is 5.69. The van der Waals surface area contributed by atoms with Crippen LogP contribution in [-0.4, -0.2) is 29.2 Å². The van der Waals surface area contributed by atoms with E-state index in [4.69, 9.17) is 9.72 Å². The standard InChI is InChI=1S/C20H28N4O/c1-4-16-10-8-9-13-24(16)19-14-15(3)21-20(23-19)22-17-11-6-7-12-18(17)25-5-2/h6-7,11-12,14,16H,4-5,8-10,13H2,1-3H3,(H,21,22,23). The van der Waals surface area contributed by atoms with Crippen molar-refractivity contribution in [1.29, 1.82) is 0 Å². The molecule has 1 aliphatic heterocycles. The quantitative estimate of drug-likeness (QED) is 0.826. The lowest BCUT2D eigenvalue weighted by Crippen LogP contribution is -2.39. The van der Waals surface area contributed by atoms with Gasteiger partial charge in [0.25, 0.3) is 0 Å². The first-order valence-corrected chi connectivity index (χ1v) is 9.32. The largest absolute Gasteiger partial charge is 0.492 e. The van der Waals surface area contributed by atoms with E-state index in [1.165, 1.54) is 19.3 Å². The fourth-order valence-electron chi connectivity index (χ4n) is 3.45. The Morgan fingerprint density at radius 3 is 2.84 bits per heavy atom. The summed E-state index contributed by atoms with van der Waals surface area (Å²) in [4.78, 5) is 11.8. The van der Waals surface area contributed by atoms with E-state index in [9.17, 15) is 0 Å². The van der Waals surface area contributed by atoms with Gasteiger partial charge in [0, 0.05) is 24.3 Å². The molecule has 1 fully saturated rings. The summed E-state index contributed by atoms with van der Waals surface area (Å²) >= 11 is 0. The Hall–Kier alpha value is -2.30. The van der Waals surface area contributed by atoms with Gasteiger partial charge in [-0.1, -0.05) is 19.1 Å². The zero-order chi connectivity index (χ0) is 17.6. The molecule has 0 bridgehead atoms. The number of nitrogens with one attached hydrogen (secondary N) is 1. The number of benzene rings is 1. The Bertz CT molecular complexity index is 704. The maximum absolute atomic E-state index is 5.69. The molecule has 1 saturated heterocycles. The minimum Gasteiger partial charge on any atom is -0.492 e. The predicted octanol–water partition coefficient (Wildman–Crippen LogP) is 4.70. The van der Waals surface area contributed by atoms with E-state index in [0.717, 1.165) is 35.9 Å². The van der Waals surface area contributed by atoms with E-state index in [0.29, 0.717) is 18.6 Å². The van der Waals surface area contributed by atoms with E-state index in [1.807, 2.05) is 38.1 Å². The predicted molar refractivity (Wildman–Crippen MR) is 103 cm³/mol. The summed E-state index contributed by atoms with van der Waals surface area (Å²) < 4.78 is 5.69. The van der Waals surface area contributed by atoms with E-state index in [-0.39, 0.29) is 0 Å². The van der Waals surface area contributed by atoms with Crippen molar-refractivity contribution in [2.45, 2.75) is 52.5 Å². The highest BCUT2D eigenvalue weighted by atomic mass is 16.5. The van der Waals surface area contributed by atoms with Crippen molar-refractivity contribution in [3.63, 3.8) is 0 Å². The van der Waals surface area contributed by atoms with Crippen LogP contribution in [0.15, 0.2) is 30.3 Å². The van der Waals surface area contributed by atoms with Crippen molar-refractivity contribution >= 4 is 17.5 Å². The van der Waals surface area contributed by atoms with Crippen LogP contribution in [0, 0.1) is 6.92 Å². The van der Waals surface area contributed by atoms with Gasteiger partial charge < -0.3 is 15.0 Å². The number of para-hydroxylation sites is 2. The molecular weight excluding hydrogens is 312 g/mol. The van der Waals surface area contributed by atoms with Crippen molar-refractivity contribution in [3.8, 4) is 5.75 Å². The second-order valence-electron chi connectivity index (χ2n) is 6.50. The molecule has 1 N–H and O–H groups in total. The normalized spacial score (nSPS) is 17.4. The molecule has 3 rings (SSSR count). The number of hydrogen-bond acceptors (Lipinski definition) is 5. The molecule has 2 heterocycles. The van der Waals surface area contributed by atoms with E-state index in [1.54, 1.807) is 0 Å². The van der Waals surface area contributed by atoms with Crippen LogP contribution in [0.4, 0.5) is 17.5 Å². The van der Waals surface area contributed by atoms with Gasteiger partial charge in [-0.3, -0.25) is 0 Å². The average molecular weight is 340 g/mol. The van der Waals surface area contributed by atoms with Gasteiger partial charge in [0.2, 0.25) is 5.95 Å². The number of rotatable bonds is 6. The monoisotopic (exact) mass is 340 g/mol. The molecule has 5 heteroatoms. The van der Waals surface area contributed by atoms with Crippen LogP contribution in [-0.2, 0) is 0 Å². The molecule has 0 radical (unpaired) electrons. The van der Waals surface area contributed by atoms with Crippen molar-refractivity contribution in [1.82, 2.24) is 9.97 Å². The van der Waals surface area contributed by atoms with Gasteiger partial charge in [-0.25, -0.2) is 4.98 Å². The van der Waals surface area contributed by atoms with Crippen LogP contribution in [0.5, 0.6) is 5.75 Å². The molecule has 2 aromatic rings. The Balaban J connectivity index is 1.87. The number of hydrogen-bond donors (Lipinski definition) is 1. The summed E-state index contributed by atoms with van der Waals surface area (Å²) in [7, 11) is 0. The molecule has 1 aromatic heterocycles. The van der Waals surface area contributed by atoms with Crippen LogP contribution in [0.3, 0.4) is 0 Å². The molecule has 134 valence electrons. The molecule has 1 unspecified atom stereocenters. The van der Waals surface area contributed by atoms with Gasteiger partial charge in [0.05, 0.1) is 12.3 Å². The van der Waals surface area contributed by atoms with Crippen molar-refractivity contribution in [2.75, 3.05) is 23.4 Å². The number of aryl methyl sites for hydroxylation is 1. The van der Waals surface area contributed by atoms with Crippen LogP contribution in [0.2, 0.25) is 0 Å². The summed E-state index contributed by atoms with van der Waals surface area (Å²) in [6.45, 7) is 7.97. The number of aromatic nitrogens is 2. The maximum Gasteiger partial charge on any atom is 0.229 e. The number of nitrogens with zero attached hydrogens (tertiary/aromatic N) is 3. The van der Waals surface area contributed by atoms with Crippen molar-refractivity contribution < 1.29 is 4.74 Å². The van der Waals surface area contributed by atoms with Gasteiger partial charge in [0.15, 0.2) is 0 Å². The third-order valence-corrected chi connectivity index (χ3v) is 4.67. The summed E-state index contributed by atoms with van der Waals surface area (Å²) in [6, 6.07) is 10.6. The average Bonchev–Trinajstić information content (AvgIpc) is 2.63.